The molecule has 4 N–H and O–H groups in total. The van der Waals surface area contributed by atoms with Gasteiger partial charge in [0.25, 0.3) is 0 Å². The lowest BCUT2D eigenvalue weighted by atomic mass is 10.2. The second-order valence-corrected chi connectivity index (χ2v) is 2.58. The number of aromatic nitrogens is 2. The number of hydrogen-bond donors (Lipinski definition) is 2. The number of anilines is 1. The minimum absolute atomic E-state index is 0.387. The van der Waals surface area contributed by atoms with Crippen molar-refractivity contribution in [2.45, 2.75) is 19.4 Å². The maximum Gasteiger partial charge on any atom is 0.242 e. The molecular formula is C7H12N4O. The fourth-order valence-electron chi connectivity index (χ4n) is 1.04. The second-order valence-electron chi connectivity index (χ2n) is 2.58. The Hall–Kier alpha value is -1.52. The van der Waals surface area contributed by atoms with Crippen molar-refractivity contribution >= 4 is 11.6 Å². The molecule has 0 aliphatic rings. The molecule has 1 rings (SSSR count). The van der Waals surface area contributed by atoms with Crippen molar-refractivity contribution in [3.63, 3.8) is 0 Å². The number of nitrogens with two attached hydrogens (primary N) is 2. The van der Waals surface area contributed by atoms with Crippen LogP contribution in [0.15, 0.2) is 12.4 Å². The number of amides is 1. The predicted octanol–water partition coefficient (Wildman–Crippen LogP) is -0.0983. The van der Waals surface area contributed by atoms with Crippen LogP contribution in [0.5, 0.6) is 0 Å². The van der Waals surface area contributed by atoms with Gasteiger partial charge in [0.05, 0.1) is 11.9 Å². The van der Waals surface area contributed by atoms with Crippen LogP contribution >= 0.6 is 0 Å². The Morgan fingerprint density at radius 1 is 1.83 bits per heavy atom. The van der Waals surface area contributed by atoms with Crippen LogP contribution < -0.4 is 11.5 Å². The molecule has 0 spiro atoms. The molecular weight excluding hydrogens is 156 g/mol. The number of carbonyl (C=O) groups is 1. The first-order valence-electron chi connectivity index (χ1n) is 3.74. The lowest BCUT2D eigenvalue weighted by Crippen LogP contribution is -2.26. The quantitative estimate of drug-likeness (QED) is 0.660. The minimum Gasteiger partial charge on any atom is -0.396 e. The average molecular weight is 168 g/mol. The fraction of sp³-hybridized carbons (Fsp3) is 0.429. The van der Waals surface area contributed by atoms with Gasteiger partial charge in [-0.1, -0.05) is 6.92 Å². The van der Waals surface area contributed by atoms with Crippen LogP contribution in [-0.2, 0) is 4.79 Å². The van der Waals surface area contributed by atoms with E-state index in [2.05, 4.69) is 5.10 Å². The summed E-state index contributed by atoms with van der Waals surface area (Å²) < 4.78 is 1.48. The largest absolute Gasteiger partial charge is 0.396 e. The average Bonchev–Trinajstić information content (AvgIpc) is 2.37. The first-order chi connectivity index (χ1) is 5.65. The van der Waals surface area contributed by atoms with E-state index in [9.17, 15) is 4.79 Å². The normalized spacial score (nSPS) is 12.8. The third kappa shape index (κ3) is 1.55. The molecule has 0 saturated carbocycles. The fourth-order valence-corrected chi connectivity index (χ4v) is 1.04. The van der Waals surface area contributed by atoms with Gasteiger partial charge in [0.1, 0.15) is 6.04 Å². The van der Waals surface area contributed by atoms with Crippen LogP contribution in [0.2, 0.25) is 0 Å². The Bertz CT molecular complexity index is 281. The molecule has 0 aromatic carbocycles. The van der Waals surface area contributed by atoms with Crippen molar-refractivity contribution in [3.05, 3.63) is 12.4 Å². The summed E-state index contributed by atoms with van der Waals surface area (Å²) in [5.74, 6) is -0.388. The summed E-state index contributed by atoms with van der Waals surface area (Å²) in [5, 5.41) is 3.90. The standard InChI is InChI=1S/C7H12N4O/c1-2-6(7(9)12)11-4-5(8)3-10-11/h3-4,6H,2,8H2,1H3,(H2,9,12). The highest BCUT2D eigenvalue weighted by Crippen LogP contribution is 2.10. The van der Waals surface area contributed by atoms with Gasteiger partial charge in [-0.3, -0.25) is 9.48 Å². The summed E-state index contributed by atoms with van der Waals surface area (Å²) in [6, 6.07) is -0.387. The van der Waals surface area contributed by atoms with Gasteiger partial charge in [-0.05, 0) is 6.42 Å². The molecule has 1 atom stereocenters. The molecule has 1 amide bonds. The zero-order chi connectivity index (χ0) is 9.14. The minimum atomic E-state index is -0.388. The van der Waals surface area contributed by atoms with E-state index in [1.807, 2.05) is 6.92 Å². The van der Waals surface area contributed by atoms with Crippen LogP contribution in [0, 0.1) is 0 Å². The molecule has 66 valence electrons. The predicted molar refractivity (Wildman–Crippen MR) is 45.2 cm³/mol. The molecule has 0 bridgehead atoms. The maximum absolute atomic E-state index is 10.9. The van der Waals surface area contributed by atoms with Gasteiger partial charge in [-0.2, -0.15) is 5.10 Å². The number of nitrogen functional groups attached to an aromatic ring is 1. The monoisotopic (exact) mass is 168 g/mol. The van der Waals surface area contributed by atoms with Gasteiger partial charge in [-0.15, -0.1) is 0 Å². The molecule has 0 fully saturated rings. The zero-order valence-electron chi connectivity index (χ0n) is 6.90. The molecule has 1 aromatic heterocycles. The number of primary amides is 1. The highest BCUT2D eigenvalue weighted by molar-refractivity contribution is 5.78. The number of hydrogen-bond acceptors (Lipinski definition) is 3. The smallest absolute Gasteiger partial charge is 0.242 e. The van der Waals surface area contributed by atoms with Crippen molar-refractivity contribution in [3.8, 4) is 0 Å². The highest BCUT2D eigenvalue weighted by atomic mass is 16.1. The maximum atomic E-state index is 10.9. The second kappa shape index (κ2) is 3.25. The van der Waals surface area contributed by atoms with Crippen LogP contribution in [0.3, 0.4) is 0 Å². The first-order valence-corrected chi connectivity index (χ1v) is 3.74. The molecule has 0 saturated heterocycles. The SMILES string of the molecule is CCC(C(N)=O)n1cc(N)cn1. The molecule has 0 aliphatic carbocycles. The Kier molecular flexibility index (Phi) is 2.32. The molecule has 1 aromatic rings. The van der Waals surface area contributed by atoms with Gasteiger partial charge < -0.3 is 11.5 Å². The third-order valence-electron chi connectivity index (χ3n) is 1.66. The first kappa shape index (κ1) is 8.58. The number of nitrogens with zero attached hydrogens (tertiary/aromatic N) is 2. The van der Waals surface area contributed by atoms with Crippen molar-refractivity contribution in [1.82, 2.24) is 9.78 Å². The Morgan fingerprint density at radius 2 is 2.50 bits per heavy atom. The van der Waals surface area contributed by atoms with Gasteiger partial charge >= 0.3 is 0 Å². The molecule has 1 heterocycles. The highest BCUT2D eigenvalue weighted by Gasteiger charge is 2.15. The number of carbonyl (C=O) groups excluding carboxylic acids is 1. The summed E-state index contributed by atoms with van der Waals surface area (Å²) in [7, 11) is 0. The van der Waals surface area contributed by atoms with E-state index in [0.29, 0.717) is 12.1 Å². The summed E-state index contributed by atoms with van der Waals surface area (Å²) in [6.07, 6.45) is 3.71. The zero-order valence-corrected chi connectivity index (χ0v) is 6.90. The van der Waals surface area contributed by atoms with Gasteiger partial charge in [0, 0.05) is 6.20 Å². The molecule has 12 heavy (non-hydrogen) atoms. The molecule has 0 radical (unpaired) electrons. The summed E-state index contributed by atoms with van der Waals surface area (Å²) in [4.78, 5) is 10.9. The van der Waals surface area contributed by atoms with Gasteiger partial charge in [0.2, 0.25) is 5.91 Å². The van der Waals surface area contributed by atoms with Crippen LogP contribution in [0.1, 0.15) is 19.4 Å². The lowest BCUT2D eigenvalue weighted by molar-refractivity contribution is -0.121. The van der Waals surface area contributed by atoms with E-state index < -0.39 is 0 Å². The van der Waals surface area contributed by atoms with Gasteiger partial charge in [0.15, 0.2) is 0 Å². The van der Waals surface area contributed by atoms with E-state index in [1.54, 1.807) is 6.20 Å². The van der Waals surface area contributed by atoms with Crippen LogP contribution in [0.4, 0.5) is 5.69 Å². The van der Waals surface area contributed by atoms with E-state index in [-0.39, 0.29) is 11.9 Å². The molecule has 5 nitrogen and oxygen atoms in total. The topological polar surface area (TPSA) is 86.9 Å². The van der Waals surface area contributed by atoms with Crippen molar-refractivity contribution in [2.75, 3.05) is 5.73 Å². The third-order valence-corrected chi connectivity index (χ3v) is 1.66. The summed E-state index contributed by atoms with van der Waals surface area (Å²) in [5.41, 5.74) is 11.1. The van der Waals surface area contributed by atoms with Crippen molar-refractivity contribution in [2.24, 2.45) is 5.73 Å². The Morgan fingerprint density at radius 3 is 2.83 bits per heavy atom. The van der Waals surface area contributed by atoms with E-state index in [0.717, 1.165) is 0 Å². The summed E-state index contributed by atoms with van der Waals surface area (Å²) >= 11 is 0. The summed E-state index contributed by atoms with van der Waals surface area (Å²) in [6.45, 7) is 1.87. The lowest BCUT2D eigenvalue weighted by Gasteiger charge is -2.10. The molecule has 5 heteroatoms. The van der Waals surface area contributed by atoms with Crippen LogP contribution in [0.25, 0.3) is 0 Å². The number of rotatable bonds is 3. The van der Waals surface area contributed by atoms with E-state index in [4.69, 9.17) is 11.5 Å². The Labute approximate surface area is 70.3 Å². The van der Waals surface area contributed by atoms with Crippen LogP contribution in [-0.4, -0.2) is 15.7 Å². The molecule has 1 unspecified atom stereocenters. The van der Waals surface area contributed by atoms with Crippen molar-refractivity contribution in [1.29, 1.82) is 0 Å². The van der Waals surface area contributed by atoms with Crippen molar-refractivity contribution < 1.29 is 4.79 Å². The Balaban J connectivity index is 2.87. The van der Waals surface area contributed by atoms with E-state index >= 15 is 0 Å². The van der Waals surface area contributed by atoms with Gasteiger partial charge in [-0.25, -0.2) is 0 Å². The van der Waals surface area contributed by atoms with E-state index in [1.165, 1.54) is 10.9 Å². The molecule has 0 aliphatic heterocycles.